The molecule has 0 fully saturated rings. The first-order valence-corrected chi connectivity index (χ1v) is 8.34. The normalized spacial score (nSPS) is 12.0. The molecule has 0 saturated heterocycles. The van der Waals surface area contributed by atoms with Crippen LogP contribution in [0.3, 0.4) is 0 Å². The Kier molecular flexibility index (Phi) is 12.6. The lowest BCUT2D eigenvalue weighted by Crippen LogP contribution is -2.35. The van der Waals surface area contributed by atoms with Crippen molar-refractivity contribution in [1.29, 1.82) is 0 Å². The van der Waals surface area contributed by atoms with E-state index < -0.39 is 27.1 Å². The zero-order chi connectivity index (χ0) is 15.6. The molecule has 0 bridgehead atoms. The number of hydrogen-bond acceptors (Lipinski definition) is 12. The second kappa shape index (κ2) is 9.83. The highest BCUT2D eigenvalue weighted by atomic mass is 28.4. The van der Waals surface area contributed by atoms with Gasteiger partial charge in [-0.05, 0) is 0 Å². The van der Waals surface area contributed by atoms with Gasteiger partial charge in [0.25, 0.3) is 0 Å². The minimum Gasteiger partial charge on any atom is -0.366 e. The van der Waals surface area contributed by atoms with Crippen molar-refractivity contribution in [1.82, 2.24) is 0 Å². The summed E-state index contributed by atoms with van der Waals surface area (Å²) in [6.45, 7) is 0. The summed E-state index contributed by atoms with van der Waals surface area (Å²) in [5.41, 5.74) is 0. The van der Waals surface area contributed by atoms with Gasteiger partial charge in [0.2, 0.25) is 0 Å². The Labute approximate surface area is 98.7 Å². The van der Waals surface area contributed by atoms with Gasteiger partial charge in [-0.25, -0.2) is 0 Å². The minimum atomic E-state index is -4.80. The van der Waals surface area contributed by atoms with Crippen molar-refractivity contribution in [3.05, 3.63) is 0 Å². The highest BCUT2D eigenvalue weighted by molar-refractivity contribution is 6.48. The van der Waals surface area contributed by atoms with Crippen molar-refractivity contribution < 1.29 is 70.6 Å². The van der Waals surface area contributed by atoms with Gasteiger partial charge in [0.05, 0.1) is 0 Å². The predicted molar refractivity (Wildman–Crippen MR) is 43.8 cm³/mol. The van der Waals surface area contributed by atoms with Crippen LogP contribution in [0, 0.1) is 0 Å². The molecule has 0 saturated carbocycles. The molecule has 18 heteroatoms. The molecule has 0 aromatic rings. The van der Waals surface area contributed by atoms with E-state index >= 15 is 0 Å². The summed E-state index contributed by atoms with van der Waals surface area (Å²) in [4.78, 5) is 67.3. The van der Waals surface area contributed by atoms with Gasteiger partial charge in [0.1, 0.15) is 0 Å². The Balaban J connectivity index is -0.000000187. The Hall–Kier alpha value is -0.0394. The molecule has 0 atom stereocenters. The van der Waals surface area contributed by atoms with Gasteiger partial charge in [0.15, 0.2) is 0 Å². The maximum absolute atomic E-state index is 10.3. The summed E-state index contributed by atoms with van der Waals surface area (Å²) in [6.07, 6.45) is 0. The van der Waals surface area contributed by atoms with Gasteiger partial charge in [-0.15, -0.1) is 0 Å². The summed E-state index contributed by atoms with van der Waals surface area (Å²) in [6, 6.07) is 0. The molecule has 0 aliphatic carbocycles. The first-order valence-electron chi connectivity index (χ1n) is 3.09. The third-order valence-electron chi connectivity index (χ3n) is 0.311. The molecule has 0 radical (unpaired) electrons. The molecule has 0 rings (SSSR count). The standard InChI is InChI=1S/3FH3O4Si/c3*1-5-6(2,3)4/h3*2-4H. The van der Waals surface area contributed by atoms with Crippen LogP contribution in [0.5, 0.6) is 0 Å². The van der Waals surface area contributed by atoms with Crippen molar-refractivity contribution in [2.45, 2.75) is 0 Å². The lowest BCUT2D eigenvalue weighted by Gasteiger charge is -1.96. The maximum atomic E-state index is 10.3. The highest BCUT2D eigenvalue weighted by Gasteiger charge is 2.32. The maximum Gasteiger partial charge on any atom is 0.703 e. The van der Waals surface area contributed by atoms with E-state index in [1.807, 2.05) is 0 Å². The molecule has 0 aliphatic heterocycles. The van der Waals surface area contributed by atoms with Crippen LogP contribution >= 0.6 is 0 Å². The van der Waals surface area contributed by atoms with Crippen LogP contribution in [0.25, 0.3) is 0 Å². The van der Waals surface area contributed by atoms with E-state index in [0.717, 1.165) is 0 Å². The summed E-state index contributed by atoms with van der Waals surface area (Å²) < 4.78 is 37.7. The molecule has 0 aliphatic rings. The Morgan fingerprint density at radius 1 is 0.444 bits per heavy atom. The van der Waals surface area contributed by atoms with Crippen molar-refractivity contribution in [3.63, 3.8) is 0 Å². The summed E-state index contributed by atoms with van der Waals surface area (Å²) in [5.74, 6) is 0. The Bertz CT molecular complexity index is 145. The molecular formula is H9F3O12Si3. The van der Waals surface area contributed by atoms with Gasteiger partial charge in [-0.3, -0.25) is 0 Å². The van der Waals surface area contributed by atoms with Crippen LogP contribution in [0.2, 0.25) is 0 Å². The van der Waals surface area contributed by atoms with E-state index in [1.54, 1.807) is 0 Å². The molecule has 0 aromatic heterocycles. The van der Waals surface area contributed by atoms with Gasteiger partial charge in [-0.1, -0.05) is 13.6 Å². The van der Waals surface area contributed by atoms with Crippen LogP contribution in [-0.2, 0) is 13.9 Å². The fraction of sp³-hybridized carbons (Fsp3) is 0. The van der Waals surface area contributed by atoms with E-state index in [-0.39, 0.29) is 0 Å². The Morgan fingerprint density at radius 2 is 0.500 bits per heavy atom. The van der Waals surface area contributed by atoms with E-state index in [2.05, 4.69) is 13.9 Å². The topological polar surface area (TPSA) is 210 Å². The van der Waals surface area contributed by atoms with Crippen molar-refractivity contribution >= 4 is 27.1 Å². The van der Waals surface area contributed by atoms with Crippen LogP contribution in [0.1, 0.15) is 0 Å². The average Bonchev–Trinajstić information content (AvgIpc) is 2.16. The molecule has 0 aromatic carbocycles. The summed E-state index contributed by atoms with van der Waals surface area (Å²) in [7, 11) is -14.4. The smallest absolute Gasteiger partial charge is 0.366 e. The van der Waals surface area contributed by atoms with Crippen LogP contribution in [0.4, 0.5) is 13.6 Å². The first-order chi connectivity index (χ1) is 7.68. The molecular weight excluding hydrogens is 333 g/mol. The first kappa shape index (κ1) is 23.1. The van der Waals surface area contributed by atoms with Crippen LogP contribution in [0.15, 0.2) is 0 Å². The molecule has 18 heavy (non-hydrogen) atoms. The van der Waals surface area contributed by atoms with E-state index in [0.29, 0.717) is 0 Å². The van der Waals surface area contributed by atoms with Crippen LogP contribution < -0.4 is 0 Å². The quantitative estimate of drug-likeness (QED) is 0.220. The second-order valence-corrected chi connectivity index (χ2v) is 5.86. The zero-order valence-corrected chi connectivity index (χ0v) is 10.9. The van der Waals surface area contributed by atoms with E-state index in [1.165, 1.54) is 0 Å². The second-order valence-electron chi connectivity index (χ2n) is 1.95. The van der Waals surface area contributed by atoms with Crippen molar-refractivity contribution in [3.8, 4) is 0 Å². The van der Waals surface area contributed by atoms with E-state index in [9.17, 15) is 13.6 Å². The molecule has 0 heterocycles. The lowest BCUT2D eigenvalue weighted by atomic mass is 15.5. The third-order valence-corrected chi connectivity index (χ3v) is 0.932. The van der Waals surface area contributed by atoms with Crippen molar-refractivity contribution in [2.24, 2.45) is 0 Å². The molecule has 0 spiro atoms. The monoisotopic (exact) mass is 342 g/mol. The minimum absolute atomic E-state index is 2.24. The molecule has 114 valence electrons. The summed E-state index contributed by atoms with van der Waals surface area (Å²) in [5, 5.41) is 0. The molecule has 9 N–H and O–H groups in total. The fourth-order valence-electron chi connectivity index (χ4n) is 0. The molecule has 0 amide bonds. The molecule has 12 nitrogen and oxygen atoms in total. The third kappa shape index (κ3) is 44.5. The van der Waals surface area contributed by atoms with Gasteiger partial charge in [0, 0.05) is 0 Å². The zero-order valence-electron chi connectivity index (χ0n) is 7.88. The lowest BCUT2D eigenvalue weighted by molar-refractivity contribution is -0.111. The number of halogens is 3. The van der Waals surface area contributed by atoms with Crippen LogP contribution in [-0.4, -0.2) is 70.3 Å². The van der Waals surface area contributed by atoms with E-state index in [4.69, 9.17) is 43.2 Å². The Morgan fingerprint density at radius 3 is 0.500 bits per heavy atom. The fourth-order valence-corrected chi connectivity index (χ4v) is 0. The van der Waals surface area contributed by atoms with Gasteiger partial charge >= 0.3 is 27.1 Å². The average molecular weight is 342 g/mol. The molecule has 0 unspecified atom stereocenters. The number of rotatable bonds is 3. The predicted octanol–water partition coefficient (Wildman–Crippen LogP) is -5.10. The summed E-state index contributed by atoms with van der Waals surface area (Å²) >= 11 is 0. The SMILES string of the molecule is O[Si](O)(O)OF.O[Si](O)(O)OF.O[Si](O)(O)OF. The van der Waals surface area contributed by atoms with Crippen molar-refractivity contribution in [2.75, 3.05) is 0 Å². The highest BCUT2D eigenvalue weighted by Crippen LogP contribution is 1.86. The number of hydrogen-bond donors (Lipinski definition) is 9. The van der Waals surface area contributed by atoms with Gasteiger partial charge in [-0.2, -0.15) is 13.9 Å². The van der Waals surface area contributed by atoms with Gasteiger partial charge < -0.3 is 43.2 Å². The largest absolute Gasteiger partial charge is 0.703 e.